The third kappa shape index (κ3) is 4.79. The molecule has 2 bridgehead atoms. The van der Waals surface area contributed by atoms with E-state index in [1.165, 1.54) is 57.1 Å². The number of ether oxygens (including phenoxy) is 2. The number of aromatic nitrogens is 1. The van der Waals surface area contributed by atoms with Crippen molar-refractivity contribution >= 4 is 5.91 Å². The fourth-order valence-corrected chi connectivity index (χ4v) is 3.51. The molecule has 0 unspecified atom stereocenters. The SMILES string of the molecule is C1CC2CCC1O2.COc1ccc(-c2cc(C(N)=O)c(=O)[nH]c2C(F)(F)F)cc1. The number of aromatic amines is 1. The lowest BCUT2D eigenvalue weighted by atomic mass is 10.0. The minimum atomic E-state index is -4.79. The van der Waals surface area contributed by atoms with Gasteiger partial charge in [0.2, 0.25) is 0 Å². The summed E-state index contributed by atoms with van der Waals surface area (Å²) >= 11 is 0. The second-order valence-corrected chi connectivity index (χ2v) is 6.93. The topological polar surface area (TPSA) is 94.4 Å². The van der Waals surface area contributed by atoms with Crippen molar-refractivity contribution in [1.29, 1.82) is 0 Å². The number of methoxy groups -OCH3 is 1. The van der Waals surface area contributed by atoms with Crippen LogP contribution in [0.1, 0.15) is 41.7 Å². The molecular formula is C20H21F3N2O4. The number of amides is 1. The van der Waals surface area contributed by atoms with E-state index < -0.39 is 28.9 Å². The number of rotatable bonds is 3. The summed E-state index contributed by atoms with van der Waals surface area (Å²) in [6, 6.07) is 6.53. The number of nitrogens with two attached hydrogens (primary N) is 1. The first-order chi connectivity index (χ1) is 13.7. The van der Waals surface area contributed by atoms with Gasteiger partial charge in [-0.2, -0.15) is 13.2 Å². The molecule has 3 N–H and O–H groups in total. The molecule has 2 fully saturated rings. The molecule has 156 valence electrons. The molecule has 4 rings (SSSR count). The van der Waals surface area contributed by atoms with Crippen molar-refractivity contribution in [3.63, 3.8) is 0 Å². The third-order valence-electron chi connectivity index (χ3n) is 5.00. The van der Waals surface area contributed by atoms with Crippen LogP contribution < -0.4 is 16.0 Å². The Morgan fingerprint density at radius 3 is 2.07 bits per heavy atom. The fourth-order valence-electron chi connectivity index (χ4n) is 3.51. The van der Waals surface area contributed by atoms with E-state index in [4.69, 9.17) is 15.2 Å². The van der Waals surface area contributed by atoms with Crippen molar-refractivity contribution in [2.45, 2.75) is 44.1 Å². The molecule has 29 heavy (non-hydrogen) atoms. The first-order valence-corrected chi connectivity index (χ1v) is 9.13. The predicted molar refractivity (Wildman–Crippen MR) is 99.7 cm³/mol. The normalized spacial score (nSPS) is 20.1. The first kappa shape index (κ1) is 20.9. The van der Waals surface area contributed by atoms with Gasteiger partial charge in [0.1, 0.15) is 17.0 Å². The van der Waals surface area contributed by atoms with Crippen LogP contribution in [0.25, 0.3) is 11.1 Å². The van der Waals surface area contributed by atoms with Crippen LogP contribution in [0.5, 0.6) is 5.75 Å². The monoisotopic (exact) mass is 410 g/mol. The lowest BCUT2D eigenvalue weighted by Crippen LogP contribution is -2.27. The Hall–Kier alpha value is -2.81. The van der Waals surface area contributed by atoms with Crippen LogP contribution in [-0.2, 0) is 10.9 Å². The number of fused-ring (bicyclic) bond motifs is 2. The maximum Gasteiger partial charge on any atom is 0.431 e. The van der Waals surface area contributed by atoms with E-state index in [1.807, 2.05) is 0 Å². The maximum absolute atomic E-state index is 13.1. The summed E-state index contributed by atoms with van der Waals surface area (Å²) in [5.74, 6) is -0.651. The van der Waals surface area contributed by atoms with Gasteiger partial charge in [-0.3, -0.25) is 9.59 Å². The van der Waals surface area contributed by atoms with Gasteiger partial charge >= 0.3 is 6.18 Å². The largest absolute Gasteiger partial charge is 0.497 e. The molecule has 1 aromatic heterocycles. The van der Waals surface area contributed by atoms with E-state index in [2.05, 4.69) is 0 Å². The summed E-state index contributed by atoms with van der Waals surface area (Å²) in [5, 5.41) is 0. The van der Waals surface area contributed by atoms with Crippen molar-refractivity contribution in [3.05, 3.63) is 51.9 Å². The Morgan fingerprint density at radius 2 is 1.69 bits per heavy atom. The summed E-state index contributed by atoms with van der Waals surface area (Å²) in [7, 11) is 1.42. The Bertz CT molecular complexity index is 920. The molecule has 0 atom stereocenters. The summed E-state index contributed by atoms with van der Waals surface area (Å²) in [5.41, 5.74) is 1.85. The predicted octanol–water partition coefficient (Wildman–Crippen LogP) is 3.50. The number of nitrogens with one attached hydrogen (secondary N) is 1. The van der Waals surface area contributed by atoms with Gasteiger partial charge in [0.05, 0.1) is 19.3 Å². The summed E-state index contributed by atoms with van der Waals surface area (Å²) in [6.07, 6.45) is 1.91. The van der Waals surface area contributed by atoms with Crippen LogP contribution in [0.2, 0.25) is 0 Å². The van der Waals surface area contributed by atoms with E-state index in [0.717, 1.165) is 6.07 Å². The molecule has 0 spiro atoms. The number of benzene rings is 1. The molecule has 2 aromatic rings. The van der Waals surface area contributed by atoms with Crippen molar-refractivity contribution in [3.8, 4) is 16.9 Å². The third-order valence-corrected chi connectivity index (χ3v) is 5.00. The lowest BCUT2D eigenvalue weighted by Gasteiger charge is -2.14. The Balaban J connectivity index is 0.000000283. The van der Waals surface area contributed by atoms with Crippen LogP contribution in [0.15, 0.2) is 35.1 Å². The van der Waals surface area contributed by atoms with Crippen molar-refractivity contribution in [2.24, 2.45) is 5.73 Å². The van der Waals surface area contributed by atoms with Crippen LogP contribution >= 0.6 is 0 Å². The van der Waals surface area contributed by atoms with Gasteiger partial charge in [0.15, 0.2) is 0 Å². The van der Waals surface area contributed by atoms with Crippen molar-refractivity contribution in [2.75, 3.05) is 7.11 Å². The Labute approximate surface area is 164 Å². The number of H-pyrrole nitrogens is 1. The van der Waals surface area contributed by atoms with Crippen LogP contribution in [0.3, 0.4) is 0 Å². The minimum absolute atomic E-state index is 0.159. The highest BCUT2D eigenvalue weighted by molar-refractivity contribution is 5.93. The molecule has 3 heterocycles. The van der Waals surface area contributed by atoms with Crippen LogP contribution in [0, 0.1) is 0 Å². The van der Waals surface area contributed by atoms with Gasteiger partial charge in [-0.05, 0) is 49.4 Å². The number of carbonyl (C=O) groups is 1. The van der Waals surface area contributed by atoms with Gasteiger partial charge in [0.25, 0.3) is 11.5 Å². The molecule has 6 nitrogen and oxygen atoms in total. The number of hydrogen-bond acceptors (Lipinski definition) is 4. The number of hydrogen-bond donors (Lipinski definition) is 2. The number of primary amides is 1. The van der Waals surface area contributed by atoms with Crippen LogP contribution in [-0.4, -0.2) is 30.2 Å². The van der Waals surface area contributed by atoms with E-state index >= 15 is 0 Å². The molecule has 1 amide bonds. The zero-order chi connectivity index (χ0) is 21.2. The molecule has 0 radical (unpaired) electrons. The average molecular weight is 410 g/mol. The molecule has 2 saturated heterocycles. The van der Waals surface area contributed by atoms with Crippen LogP contribution in [0.4, 0.5) is 13.2 Å². The number of pyridine rings is 1. The Morgan fingerprint density at radius 1 is 1.14 bits per heavy atom. The quantitative estimate of drug-likeness (QED) is 0.810. The first-order valence-electron chi connectivity index (χ1n) is 9.13. The number of halogens is 3. The highest BCUT2D eigenvalue weighted by Gasteiger charge is 2.36. The number of alkyl halides is 3. The fraction of sp³-hybridized carbons (Fsp3) is 0.400. The molecule has 0 saturated carbocycles. The summed E-state index contributed by atoms with van der Waals surface area (Å²) < 4.78 is 49.6. The van der Waals surface area contributed by atoms with E-state index in [9.17, 15) is 22.8 Å². The minimum Gasteiger partial charge on any atom is -0.497 e. The lowest BCUT2D eigenvalue weighted by molar-refractivity contribution is -0.140. The molecular weight excluding hydrogens is 389 g/mol. The van der Waals surface area contributed by atoms with E-state index in [-0.39, 0.29) is 11.1 Å². The summed E-state index contributed by atoms with van der Waals surface area (Å²) in [6.45, 7) is 0. The van der Waals surface area contributed by atoms with E-state index in [1.54, 1.807) is 4.98 Å². The summed E-state index contributed by atoms with van der Waals surface area (Å²) in [4.78, 5) is 24.4. The van der Waals surface area contributed by atoms with Crippen molar-refractivity contribution < 1.29 is 27.4 Å². The molecule has 9 heteroatoms. The molecule has 2 aliphatic rings. The van der Waals surface area contributed by atoms with Gasteiger partial charge in [-0.15, -0.1) is 0 Å². The number of carbonyl (C=O) groups excluding carboxylic acids is 1. The second kappa shape index (κ2) is 8.28. The van der Waals surface area contributed by atoms with Crippen molar-refractivity contribution in [1.82, 2.24) is 4.98 Å². The Kier molecular flexibility index (Phi) is 5.97. The highest BCUT2D eigenvalue weighted by atomic mass is 19.4. The molecule has 0 aliphatic carbocycles. The van der Waals surface area contributed by atoms with Gasteiger partial charge in [-0.1, -0.05) is 12.1 Å². The molecule has 1 aromatic carbocycles. The second-order valence-electron chi connectivity index (χ2n) is 6.93. The van der Waals surface area contributed by atoms with Gasteiger partial charge < -0.3 is 20.2 Å². The van der Waals surface area contributed by atoms with Gasteiger partial charge in [-0.25, -0.2) is 0 Å². The maximum atomic E-state index is 13.1. The smallest absolute Gasteiger partial charge is 0.431 e. The van der Waals surface area contributed by atoms with E-state index in [0.29, 0.717) is 18.0 Å². The zero-order valence-corrected chi connectivity index (χ0v) is 15.7. The highest BCUT2D eigenvalue weighted by Crippen LogP contribution is 2.36. The molecule has 2 aliphatic heterocycles. The van der Waals surface area contributed by atoms with Gasteiger partial charge in [0, 0.05) is 5.56 Å². The zero-order valence-electron chi connectivity index (χ0n) is 15.7. The average Bonchev–Trinajstić information content (AvgIpc) is 3.33. The standard InChI is InChI=1S/C14H11F3N2O3.C6H10O/c1-22-8-4-2-7(3-5-8)9-6-10(12(18)20)13(21)19-11(9)14(15,16)17;1-2-6-4-3-5(1)7-6/h2-6H,1H3,(H2,18,20)(H,19,21);5-6H,1-4H2.